The molecule has 2 aromatic rings. The van der Waals surface area contributed by atoms with Gasteiger partial charge in [0.1, 0.15) is 0 Å². The Labute approximate surface area is 140 Å². The first-order valence-electron chi connectivity index (χ1n) is 6.73. The predicted octanol–water partition coefficient (Wildman–Crippen LogP) is 4.83. The van der Waals surface area contributed by atoms with E-state index in [4.69, 9.17) is 0 Å². The molecule has 2 rings (SSSR count). The summed E-state index contributed by atoms with van der Waals surface area (Å²) >= 11 is 3.35. The van der Waals surface area contributed by atoms with Crippen LogP contribution in [0.4, 0.5) is 24.5 Å². The number of hydrogen-bond acceptors (Lipinski definition) is 2. The van der Waals surface area contributed by atoms with Crippen LogP contribution in [0.2, 0.25) is 0 Å². The van der Waals surface area contributed by atoms with E-state index in [1.54, 1.807) is 12.1 Å². The topological polar surface area (TPSA) is 41.1 Å². The molecule has 0 aliphatic rings. The van der Waals surface area contributed by atoms with Crippen LogP contribution in [0.1, 0.15) is 11.1 Å². The fraction of sp³-hybridized carbons (Fsp3) is 0.188. The maximum Gasteiger partial charge on any atom is 0.418 e. The van der Waals surface area contributed by atoms with Gasteiger partial charge in [-0.05, 0) is 36.8 Å². The minimum atomic E-state index is -4.47. The summed E-state index contributed by atoms with van der Waals surface area (Å²) in [6.07, 6.45) is -4.47. The largest absolute Gasteiger partial charge is 0.418 e. The molecule has 23 heavy (non-hydrogen) atoms. The Kier molecular flexibility index (Phi) is 5.30. The zero-order valence-electron chi connectivity index (χ0n) is 12.2. The summed E-state index contributed by atoms with van der Waals surface area (Å²) in [4.78, 5) is 11.9. The number of alkyl halides is 3. The number of carbonyl (C=O) groups excluding carboxylic acids is 1. The van der Waals surface area contributed by atoms with Crippen LogP contribution < -0.4 is 10.6 Å². The normalized spacial score (nSPS) is 11.2. The molecule has 0 spiro atoms. The lowest BCUT2D eigenvalue weighted by Crippen LogP contribution is -2.23. The van der Waals surface area contributed by atoms with Crippen LogP contribution in [0, 0.1) is 6.92 Å². The van der Waals surface area contributed by atoms with Gasteiger partial charge in [0.25, 0.3) is 0 Å². The molecule has 1 amide bonds. The van der Waals surface area contributed by atoms with Gasteiger partial charge in [0.15, 0.2) is 0 Å². The molecule has 0 radical (unpaired) electrons. The quantitative estimate of drug-likeness (QED) is 0.790. The second kappa shape index (κ2) is 7.04. The molecule has 0 atom stereocenters. The summed E-state index contributed by atoms with van der Waals surface area (Å²) in [7, 11) is 0. The number of anilines is 2. The molecule has 2 aromatic carbocycles. The first-order valence-corrected chi connectivity index (χ1v) is 7.53. The van der Waals surface area contributed by atoms with Gasteiger partial charge in [-0.15, -0.1) is 0 Å². The minimum Gasteiger partial charge on any atom is -0.376 e. The maximum atomic E-state index is 12.9. The Hall–Kier alpha value is -2.02. The zero-order valence-corrected chi connectivity index (χ0v) is 13.8. The van der Waals surface area contributed by atoms with Crippen molar-refractivity contribution in [3.63, 3.8) is 0 Å². The van der Waals surface area contributed by atoms with Crippen molar-refractivity contribution in [2.24, 2.45) is 0 Å². The second-order valence-corrected chi connectivity index (χ2v) is 5.76. The van der Waals surface area contributed by atoms with Crippen LogP contribution in [-0.4, -0.2) is 12.5 Å². The fourth-order valence-corrected chi connectivity index (χ4v) is 2.31. The van der Waals surface area contributed by atoms with Gasteiger partial charge in [0.05, 0.1) is 12.1 Å². The Bertz CT molecular complexity index is 717. The molecular formula is C16H14BrF3N2O. The van der Waals surface area contributed by atoms with E-state index in [1.807, 2.05) is 13.0 Å². The monoisotopic (exact) mass is 386 g/mol. The van der Waals surface area contributed by atoms with Gasteiger partial charge in [-0.1, -0.05) is 34.1 Å². The predicted molar refractivity (Wildman–Crippen MR) is 87.4 cm³/mol. The van der Waals surface area contributed by atoms with Crippen molar-refractivity contribution in [1.29, 1.82) is 0 Å². The number of carbonyl (C=O) groups is 1. The zero-order chi connectivity index (χ0) is 17.0. The highest BCUT2D eigenvalue weighted by atomic mass is 79.9. The molecule has 0 fully saturated rings. The van der Waals surface area contributed by atoms with Crippen molar-refractivity contribution in [2.75, 3.05) is 17.2 Å². The highest BCUT2D eigenvalue weighted by Gasteiger charge is 2.33. The molecule has 122 valence electrons. The molecular weight excluding hydrogens is 373 g/mol. The van der Waals surface area contributed by atoms with E-state index in [0.29, 0.717) is 5.69 Å². The Balaban J connectivity index is 2.01. The van der Waals surface area contributed by atoms with Crippen LogP contribution in [0.5, 0.6) is 0 Å². The first kappa shape index (κ1) is 17.3. The number of halogens is 4. The average molecular weight is 387 g/mol. The molecule has 0 aliphatic heterocycles. The number of aryl methyl sites for hydroxylation is 1. The number of hydrogen-bond donors (Lipinski definition) is 2. The summed E-state index contributed by atoms with van der Waals surface area (Å²) in [5.41, 5.74) is 0.657. The second-order valence-electron chi connectivity index (χ2n) is 4.91. The van der Waals surface area contributed by atoms with Gasteiger partial charge >= 0.3 is 6.18 Å². The van der Waals surface area contributed by atoms with Gasteiger partial charge < -0.3 is 10.6 Å². The van der Waals surface area contributed by atoms with Crippen LogP contribution in [0.15, 0.2) is 46.9 Å². The van der Waals surface area contributed by atoms with Crippen LogP contribution in [0.3, 0.4) is 0 Å². The number of rotatable bonds is 4. The van der Waals surface area contributed by atoms with Gasteiger partial charge in [0.2, 0.25) is 5.91 Å². The van der Waals surface area contributed by atoms with E-state index in [-0.39, 0.29) is 12.2 Å². The van der Waals surface area contributed by atoms with Crippen LogP contribution in [0.25, 0.3) is 0 Å². The summed E-state index contributed by atoms with van der Waals surface area (Å²) in [6, 6.07) is 10.3. The van der Waals surface area contributed by atoms with Crippen LogP contribution in [-0.2, 0) is 11.0 Å². The number of amides is 1. The number of para-hydroxylation sites is 1. The highest BCUT2D eigenvalue weighted by molar-refractivity contribution is 9.10. The Morgan fingerprint density at radius 1 is 1.17 bits per heavy atom. The third-order valence-corrected chi connectivity index (χ3v) is 3.98. The van der Waals surface area contributed by atoms with Crippen molar-refractivity contribution in [3.05, 3.63) is 58.1 Å². The smallest absolute Gasteiger partial charge is 0.376 e. The summed E-state index contributed by atoms with van der Waals surface area (Å²) in [5.74, 6) is -0.433. The third-order valence-electron chi connectivity index (χ3n) is 3.13. The van der Waals surface area contributed by atoms with Gasteiger partial charge in [-0.3, -0.25) is 4.79 Å². The standard InChI is InChI=1S/C16H14BrF3N2O/c1-10-6-7-11(8-13(10)17)22-15(23)9-21-14-5-3-2-4-12(14)16(18,19)20/h2-8,21H,9H2,1H3,(H,22,23). The van der Waals surface area contributed by atoms with Crippen molar-refractivity contribution < 1.29 is 18.0 Å². The Morgan fingerprint density at radius 3 is 2.52 bits per heavy atom. The first-order chi connectivity index (χ1) is 10.8. The molecule has 3 nitrogen and oxygen atoms in total. The molecule has 0 saturated heterocycles. The van der Waals surface area contributed by atoms with Crippen molar-refractivity contribution in [2.45, 2.75) is 13.1 Å². The van der Waals surface area contributed by atoms with E-state index in [0.717, 1.165) is 16.1 Å². The fourth-order valence-electron chi connectivity index (χ4n) is 1.94. The summed E-state index contributed by atoms with van der Waals surface area (Å²) < 4.78 is 39.4. The number of benzene rings is 2. The number of nitrogens with one attached hydrogen (secondary N) is 2. The lowest BCUT2D eigenvalue weighted by atomic mass is 10.1. The lowest BCUT2D eigenvalue weighted by Gasteiger charge is -2.14. The van der Waals surface area contributed by atoms with E-state index in [2.05, 4.69) is 26.6 Å². The molecule has 0 saturated carbocycles. The summed E-state index contributed by atoms with van der Waals surface area (Å²) in [6.45, 7) is 1.64. The molecule has 0 unspecified atom stereocenters. The molecule has 7 heteroatoms. The van der Waals surface area contributed by atoms with Gasteiger partial charge in [0, 0.05) is 15.8 Å². The highest BCUT2D eigenvalue weighted by Crippen LogP contribution is 2.34. The van der Waals surface area contributed by atoms with Crippen LogP contribution >= 0.6 is 15.9 Å². The third kappa shape index (κ3) is 4.72. The molecule has 0 aromatic heterocycles. The van der Waals surface area contributed by atoms with Gasteiger partial charge in [-0.25, -0.2) is 0 Å². The average Bonchev–Trinajstić information content (AvgIpc) is 2.48. The molecule has 0 aliphatic carbocycles. The molecule has 0 bridgehead atoms. The summed E-state index contributed by atoms with van der Waals surface area (Å²) in [5, 5.41) is 5.15. The maximum absolute atomic E-state index is 12.9. The van der Waals surface area contributed by atoms with E-state index < -0.39 is 17.6 Å². The van der Waals surface area contributed by atoms with Crippen molar-refractivity contribution in [1.82, 2.24) is 0 Å². The van der Waals surface area contributed by atoms with Crippen molar-refractivity contribution >= 4 is 33.2 Å². The van der Waals surface area contributed by atoms with Crippen molar-refractivity contribution in [3.8, 4) is 0 Å². The van der Waals surface area contributed by atoms with E-state index in [1.165, 1.54) is 18.2 Å². The van der Waals surface area contributed by atoms with Gasteiger partial charge in [-0.2, -0.15) is 13.2 Å². The van der Waals surface area contributed by atoms with E-state index >= 15 is 0 Å². The Morgan fingerprint density at radius 2 is 1.87 bits per heavy atom. The van der Waals surface area contributed by atoms with E-state index in [9.17, 15) is 18.0 Å². The SMILES string of the molecule is Cc1ccc(NC(=O)CNc2ccccc2C(F)(F)F)cc1Br. The molecule has 2 N–H and O–H groups in total. The lowest BCUT2D eigenvalue weighted by molar-refractivity contribution is -0.137. The minimum absolute atomic E-state index is 0.125. The molecule has 0 heterocycles.